The minimum Gasteiger partial charge on any atom is -0.314 e. The lowest BCUT2D eigenvalue weighted by Crippen LogP contribution is -2.32. The molecular formula is C10H21NOS2. The normalized spacial score (nSPS) is 26.3. The molecule has 1 N–H and O–H groups in total. The quantitative estimate of drug-likeness (QED) is 0.756. The van der Waals surface area contributed by atoms with Crippen LogP contribution in [0, 0.1) is 5.92 Å². The van der Waals surface area contributed by atoms with Crippen molar-refractivity contribution in [1.82, 2.24) is 5.32 Å². The van der Waals surface area contributed by atoms with E-state index in [1.54, 1.807) is 6.26 Å². The minimum absolute atomic E-state index is 0.518. The molecule has 84 valence electrons. The van der Waals surface area contributed by atoms with Gasteiger partial charge in [-0.25, -0.2) is 0 Å². The summed E-state index contributed by atoms with van der Waals surface area (Å²) in [5.74, 6) is 4.35. The molecule has 3 atom stereocenters. The van der Waals surface area contributed by atoms with E-state index in [0.717, 1.165) is 24.6 Å². The SMILES string of the molecule is CC(CCS(C)=O)NCC1CCSC1. The zero-order chi connectivity index (χ0) is 10.4. The van der Waals surface area contributed by atoms with Crippen LogP contribution in [0.4, 0.5) is 0 Å². The fraction of sp³-hybridized carbons (Fsp3) is 1.00. The fourth-order valence-corrected chi connectivity index (χ4v) is 3.53. The van der Waals surface area contributed by atoms with Crippen LogP contribution < -0.4 is 5.32 Å². The molecule has 0 spiro atoms. The molecular weight excluding hydrogens is 214 g/mol. The average Bonchev–Trinajstić information content (AvgIpc) is 2.63. The molecule has 0 bridgehead atoms. The molecule has 0 aromatic carbocycles. The van der Waals surface area contributed by atoms with E-state index in [9.17, 15) is 4.21 Å². The Labute approximate surface area is 94.1 Å². The molecule has 2 nitrogen and oxygen atoms in total. The summed E-state index contributed by atoms with van der Waals surface area (Å²) in [6.45, 7) is 3.33. The van der Waals surface area contributed by atoms with E-state index in [0.29, 0.717) is 6.04 Å². The highest BCUT2D eigenvalue weighted by Gasteiger charge is 2.15. The van der Waals surface area contributed by atoms with Crippen LogP contribution in [0.5, 0.6) is 0 Å². The van der Waals surface area contributed by atoms with E-state index in [4.69, 9.17) is 0 Å². The van der Waals surface area contributed by atoms with Gasteiger partial charge in [0.1, 0.15) is 0 Å². The van der Waals surface area contributed by atoms with E-state index in [1.807, 2.05) is 0 Å². The van der Waals surface area contributed by atoms with Crippen molar-refractivity contribution in [3.63, 3.8) is 0 Å². The molecule has 4 heteroatoms. The largest absolute Gasteiger partial charge is 0.314 e. The lowest BCUT2D eigenvalue weighted by molar-refractivity contribution is 0.461. The van der Waals surface area contributed by atoms with Crippen LogP contribution in [-0.4, -0.2) is 40.3 Å². The zero-order valence-electron chi connectivity index (χ0n) is 9.12. The Balaban J connectivity index is 2.02. The Morgan fingerprint density at radius 1 is 1.64 bits per heavy atom. The van der Waals surface area contributed by atoms with Crippen molar-refractivity contribution in [1.29, 1.82) is 0 Å². The second-order valence-corrected chi connectivity index (χ2v) is 6.81. The third-order valence-electron chi connectivity index (χ3n) is 2.62. The lowest BCUT2D eigenvalue weighted by Gasteiger charge is -2.16. The lowest BCUT2D eigenvalue weighted by atomic mass is 10.1. The predicted octanol–water partition coefficient (Wildman–Crippen LogP) is 1.49. The van der Waals surface area contributed by atoms with Crippen LogP contribution in [-0.2, 0) is 10.8 Å². The summed E-state index contributed by atoms with van der Waals surface area (Å²) < 4.78 is 10.9. The van der Waals surface area contributed by atoms with Gasteiger partial charge in [-0.1, -0.05) is 0 Å². The molecule has 0 amide bonds. The third-order valence-corrected chi connectivity index (χ3v) is 4.66. The molecule has 0 aliphatic carbocycles. The van der Waals surface area contributed by atoms with Crippen LogP contribution >= 0.6 is 11.8 Å². The van der Waals surface area contributed by atoms with Crippen molar-refractivity contribution in [2.75, 3.05) is 30.1 Å². The molecule has 14 heavy (non-hydrogen) atoms. The third kappa shape index (κ3) is 5.37. The van der Waals surface area contributed by atoms with Crippen LogP contribution in [0.1, 0.15) is 19.8 Å². The summed E-state index contributed by atoms with van der Waals surface area (Å²) in [5.41, 5.74) is 0. The van der Waals surface area contributed by atoms with Crippen molar-refractivity contribution in [3.05, 3.63) is 0 Å². The monoisotopic (exact) mass is 235 g/mol. The Morgan fingerprint density at radius 2 is 2.43 bits per heavy atom. The number of thioether (sulfide) groups is 1. The van der Waals surface area contributed by atoms with Crippen molar-refractivity contribution < 1.29 is 4.21 Å². The van der Waals surface area contributed by atoms with Gasteiger partial charge in [0, 0.05) is 28.9 Å². The first kappa shape index (κ1) is 12.5. The van der Waals surface area contributed by atoms with Gasteiger partial charge in [0.2, 0.25) is 0 Å². The molecule has 0 aromatic rings. The predicted molar refractivity (Wildman–Crippen MR) is 66.4 cm³/mol. The van der Waals surface area contributed by atoms with E-state index in [1.165, 1.54) is 17.9 Å². The van der Waals surface area contributed by atoms with Crippen molar-refractivity contribution in [2.45, 2.75) is 25.8 Å². The Kier molecular flexibility index (Phi) is 6.13. The number of hydrogen-bond acceptors (Lipinski definition) is 3. The second kappa shape index (κ2) is 6.85. The molecule has 0 radical (unpaired) electrons. The highest BCUT2D eigenvalue weighted by Crippen LogP contribution is 2.22. The van der Waals surface area contributed by atoms with Gasteiger partial charge in [-0.15, -0.1) is 0 Å². The van der Waals surface area contributed by atoms with Gasteiger partial charge in [0.15, 0.2) is 0 Å². The number of rotatable bonds is 6. The maximum absolute atomic E-state index is 10.9. The summed E-state index contributed by atoms with van der Waals surface area (Å²) in [6.07, 6.45) is 4.17. The summed E-state index contributed by atoms with van der Waals surface area (Å²) >= 11 is 2.06. The Morgan fingerprint density at radius 3 is 3.00 bits per heavy atom. The molecule has 0 aromatic heterocycles. The van der Waals surface area contributed by atoms with E-state index in [-0.39, 0.29) is 0 Å². The van der Waals surface area contributed by atoms with E-state index < -0.39 is 10.8 Å². The first-order valence-corrected chi connectivity index (χ1v) is 8.18. The fourth-order valence-electron chi connectivity index (χ4n) is 1.56. The minimum atomic E-state index is -0.636. The highest BCUT2D eigenvalue weighted by molar-refractivity contribution is 7.99. The van der Waals surface area contributed by atoms with Crippen LogP contribution in [0.3, 0.4) is 0 Å². The first-order chi connectivity index (χ1) is 6.68. The summed E-state index contributed by atoms with van der Waals surface area (Å²) in [4.78, 5) is 0. The van der Waals surface area contributed by atoms with Gasteiger partial charge in [-0.2, -0.15) is 11.8 Å². The molecule has 0 saturated carbocycles. The average molecular weight is 235 g/mol. The molecule has 1 heterocycles. The highest BCUT2D eigenvalue weighted by atomic mass is 32.2. The van der Waals surface area contributed by atoms with Crippen molar-refractivity contribution >= 4 is 22.6 Å². The molecule has 1 saturated heterocycles. The van der Waals surface area contributed by atoms with Gasteiger partial charge in [0.05, 0.1) is 0 Å². The Hall–Kier alpha value is 0.460. The van der Waals surface area contributed by atoms with E-state index >= 15 is 0 Å². The van der Waals surface area contributed by atoms with Gasteiger partial charge in [-0.3, -0.25) is 4.21 Å². The van der Waals surface area contributed by atoms with Gasteiger partial charge in [-0.05, 0) is 43.7 Å². The molecule has 3 unspecified atom stereocenters. The van der Waals surface area contributed by atoms with Crippen LogP contribution in [0.15, 0.2) is 0 Å². The first-order valence-electron chi connectivity index (χ1n) is 5.29. The molecule has 1 aliphatic rings. The van der Waals surface area contributed by atoms with Gasteiger partial charge < -0.3 is 5.32 Å². The molecule has 1 rings (SSSR count). The standard InChI is InChI=1S/C10H21NOS2/c1-9(4-6-14(2)12)11-7-10-3-5-13-8-10/h9-11H,3-8H2,1-2H3. The summed E-state index contributed by atoms with van der Waals surface area (Å²) in [6, 6.07) is 0.518. The van der Waals surface area contributed by atoms with Crippen molar-refractivity contribution in [3.8, 4) is 0 Å². The van der Waals surface area contributed by atoms with E-state index in [2.05, 4.69) is 24.0 Å². The van der Waals surface area contributed by atoms with Gasteiger partial charge in [0.25, 0.3) is 0 Å². The smallest absolute Gasteiger partial charge is 0.0246 e. The second-order valence-electron chi connectivity index (χ2n) is 4.10. The van der Waals surface area contributed by atoms with Crippen molar-refractivity contribution in [2.24, 2.45) is 5.92 Å². The number of hydrogen-bond donors (Lipinski definition) is 1. The zero-order valence-corrected chi connectivity index (χ0v) is 10.8. The van der Waals surface area contributed by atoms with Crippen LogP contribution in [0.2, 0.25) is 0 Å². The number of nitrogens with one attached hydrogen (secondary N) is 1. The molecule has 1 fully saturated rings. The maximum atomic E-state index is 10.9. The topological polar surface area (TPSA) is 29.1 Å². The molecule has 1 aliphatic heterocycles. The van der Waals surface area contributed by atoms with Gasteiger partial charge >= 0.3 is 0 Å². The van der Waals surface area contributed by atoms with Crippen LogP contribution in [0.25, 0.3) is 0 Å². The maximum Gasteiger partial charge on any atom is 0.0246 e. The summed E-state index contributed by atoms with van der Waals surface area (Å²) in [7, 11) is -0.636. The Bertz CT molecular complexity index is 181. The summed E-state index contributed by atoms with van der Waals surface area (Å²) in [5, 5.41) is 3.53.